The maximum absolute atomic E-state index is 13.0. The molecule has 1 aromatic heterocycles. The number of hydrogen-bond donors (Lipinski definition) is 0. The van der Waals surface area contributed by atoms with Crippen molar-refractivity contribution in [3.05, 3.63) is 68.7 Å². The molecular formula is C26H29NO2S. The molecule has 1 unspecified atom stereocenters. The summed E-state index contributed by atoms with van der Waals surface area (Å²) in [5, 5.41) is 0.890. The molecule has 2 aliphatic rings. The number of rotatable bonds is 4. The number of fused-ring (bicyclic) bond motifs is 2. The van der Waals surface area contributed by atoms with E-state index in [4.69, 9.17) is 4.74 Å². The Morgan fingerprint density at radius 1 is 1.07 bits per heavy atom. The molecule has 0 amide bonds. The minimum atomic E-state index is 0.265. The third kappa shape index (κ3) is 3.96. The number of morpholine rings is 1. The summed E-state index contributed by atoms with van der Waals surface area (Å²) >= 11 is 1.84. The third-order valence-electron chi connectivity index (χ3n) is 6.72. The molecule has 3 nitrogen and oxygen atoms in total. The van der Waals surface area contributed by atoms with Crippen LogP contribution in [0.2, 0.25) is 0 Å². The van der Waals surface area contributed by atoms with Crippen molar-refractivity contribution in [3.63, 3.8) is 0 Å². The van der Waals surface area contributed by atoms with Crippen molar-refractivity contribution in [3.8, 4) is 11.1 Å². The van der Waals surface area contributed by atoms with Gasteiger partial charge in [-0.25, -0.2) is 0 Å². The SMILES string of the molecule is CCC1CCc2c(sc3cc(-c4ccc(CN5CCOCC5)cc4)ccc3c2=O)C1. The van der Waals surface area contributed by atoms with Crippen LogP contribution in [0.3, 0.4) is 0 Å². The Bertz CT molecular complexity index is 1100. The van der Waals surface area contributed by atoms with E-state index >= 15 is 0 Å². The number of hydrogen-bond acceptors (Lipinski definition) is 4. The average molecular weight is 420 g/mol. The van der Waals surface area contributed by atoms with Crippen molar-refractivity contribution in [2.45, 2.75) is 39.2 Å². The van der Waals surface area contributed by atoms with E-state index in [1.54, 1.807) is 0 Å². The first-order valence-electron chi connectivity index (χ1n) is 11.2. The van der Waals surface area contributed by atoms with E-state index in [0.717, 1.165) is 73.7 Å². The molecule has 1 aliphatic carbocycles. The van der Waals surface area contributed by atoms with Gasteiger partial charge in [0.2, 0.25) is 0 Å². The molecule has 156 valence electrons. The summed E-state index contributed by atoms with van der Waals surface area (Å²) in [5.41, 5.74) is 5.09. The van der Waals surface area contributed by atoms with E-state index in [1.807, 2.05) is 17.4 Å². The molecule has 1 saturated heterocycles. The van der Waals surface area contributed by atoms with E-state index in [-0.39, 0.29) is 5.43 Å². The molecule has 4 heteroatoms. The van der Waals surface area contributed by atoms with Crippen molar-refractivity contribution in [1.82, 2.24) is 4.90 Å². The number of benzene rings is 2. The maximum Gasteiger partial charge on any atom is 0.191 e. The van der Waals surface area contributed by atoms with Crippen LogP contribution in [0.4, 0.5) is 0 Å². The lowest BCUT2D eigenvalue weighted by Gasteiger charge is -2.26. The van der Waals surface area contributed by atoms with Crippen LogP contribution in [0.5, 0.6) is 0 Å². The highest BCUT2D eigenvalue weighted by Crippen LogP contribution is 2.33. The van der Waals surface area contributed by atoms with E-state index in [0.29, 0.717) is 0 Å². The molecular weight excluding hydrogens is 390 g/mol. The highest BCUT2D eigenvalue weighted by atomic mass is 32.1. The highest BCUT2D eigenvalue weighted by molar-refractivity contribution is 7.18. The Labute approximate surface area is 182 Å². The number of nitrogens with zero attached hydrogens (tertiary/aromatic N) is 1. The molecule has 2 aromatic carbocycles. The maximum atomic E-state index is 13.0. The van der Waals surface area contributed by atoms with Gasteiger partial charge in [-0.3, -0.25) is 9.69 Å². The molecule has 5 rings (SSSR count). The van der Waals surface area contributed by atoms with Gasteiger partial charge >= 0.3 is 0 Å². The second kappa shape index (κ2) is 8.62. The quantitative estimate of drug-likeness (QED) is 0.577. The van der Waals surface area contributed by atoms with E-state index in [1.165, 1.54) is 28.0 Å². The largest absolute Gasteiger partial charge is 0.379 e. The summed E-state index contributed by atoms with van der Waals surface area (Å²) in [5.74, 6) is 0.729. The zero-order chi connectivity index (χ0) is 20.5. The van der Waals surface area contributed by atoms with Crippen LogP contribution in [0.25, 0.3) is 21.2 Å². The van der Waals surface area contributed by atoms with Gasteiger partial charge in [0.25, 0.3) is 0 Å². The fraction of sp³-hybridized carbons (Fsp3) is 0.423. The molecule has 0 N–H and O–H groups in total. The van der Waals surface area contributed by atoms with Crippen molar-refractivity contribution in [2.75, 3.05) is 26.3 Å². The van der Waals surface area contributed by atoms with Gasteiger partial charge < -0.3 is 4.74 Å². The predicted octanol–water partition coefficient (Wildman–Crippen LogP) is 5.28. The minimum absolute atomic E-state index is 0.265. The van der Waals surface area contributed by atoms with Gasteiger partial charge in [0.1, 0.15) is 0 Å². The molecule has 1 aliphatic heterocycles. The zero-order valence-corrected chi connectivity index (χ0v) is 18.5. The molecule has 1 atom stereocenters. The Kier molecular flexibility index (Phi) is 5.72. The van der Waals surface area contributed by atoms with Crippen LogP contribution in [-0.2, 0) is 24.1 Å². The molecule has 30 heavy (non-hydrogen) atoms. The first-order valence-corrected chi connectivity index (χ1v) is 12.0. The molecule has 3 aromatic rings. The van der Waals surface area contributed by atoms with Crippen molar-refractivity contribution < 1.29 is 4.74 Å². The van der Waals surface area contributed by atoms with E-state index < -0.39 is 0 Å². The molecule has 1 fully saturated rings. The Morgan fingerprint density at radius 3 is 2.60 bits per heavy atom. The van der Waals surface area contributed by atoms with Gasteiger partial charge in [0, 0.05) is 40.2 Å². The van der Waals surface area contributed by atoms with E-state index in [9.17, 15) is 4.79 Å². The monoisotopic (exact) mass is 419 g/mol. The summed E-state index contributed by atoms with van der Waals surface area (Å²) < 4.78 is 6.57. The van der Waals surface area contributed by atoms with Crippen LogP contribution in [0.15, 0.2) is 47.3 Å². The lowest BCUT2D eigenvalue weighted by atomic mass is 9.86. The Hall–Kier alpha value is -2.01. The number of ether oxygens (including phenoxy) is 1. The van der Waals surface area contributed by atoms with Gasteiger partial charge in [-0.2, -0.15) is 0 Å². The van der Waals surface area contributed by atoms with Crippen molar-refractivity contribution in [2.24, 2.45) is 5.92 Å². The molecule has 0 saturated carbocycles. The van der Waals surface area contributed by atoms with Gasteiger partial charge in [0.05, 0.1) is 13.2 Å². The standard InChI is InChI=1S/C26H29NO2S/c1-2-18-5-9-22-24(15-18)30-25-16-21(8-10-23(25)26(22)28)20-6-3-19(4-7-20)17-27-11-13-29-14-12-27/h3-4,6-8,10,16,18H,2,5,9,11-15,17H2,1H3. The fourth-order valence-corrected chi connectivity index (χ4v) is 6.12. The van der Waals surface area contributed by atoms with Gasteiger partial charge in [-0.05, 0) is 54.0 Å². The van der Waals surface area contributed by atoms with Crippen LogP contribution in [0.1, 0.15) is 35.8 Å². The van der Waals surface area contributed by atoms with Gasteiger partial charge in [0.15, 0.2) is 5.43 Å². The second-order valence-corrected chi connectivity index (χ2v) is 9.78. The van der Waals surface area contributed by atoms with Crippen LogP contribution >= 0.6 is 11.3 Å². The Balaban J connectivity index is 1.42. The Morgan fingerprint density at radius 2 is 1.83 bits per heavy atom. The molecule has 2 heterocycles. The lowest BCUT2D eigenvalue weighted by molar-refractivity contribution is 0.0342. The molecule has 0 bridgehead atoms. The third-order valence-corrected chi connectivity index (χ3v) is 7.94. The summed E-state index contributed by atoms with van der Waals surface area (Å²) in [6.45, 7) is 6.93. The predicted molar refractivity (Wildman–Crippen MR) is 125 cm³/mol. The fourth-order valence-electron chi connectivity index (χ4n) is 4.76. The minimum Gasteiger partial charge on any atom is -0.379 e. The van der Waals surface area contributed by atoms with Gasteiger partial charge in [-0.1, -0.05) is 43.7 Å². The van der Waals surface area contributed by atoms with Crippen LogP contribution < -0.4 is 5.43 Å². The van der Waals surface area contributed by atoms with E-state index in [2.05, 4.69) is 48.2 Å². The normalized spacial score (nSPS) is 19.7. The summed E-state index contributed by atoms with van der Waals surface area (Å²) in [6, 6.07) is 15.3. The van der Waals surface area contributed by atoms with Crippen molar-refractivity contribution >= 4 is 21.4 Å². The lowest BCUT2D eigenvalue weighted by Crippen LogP contribution is -2.35. The van der Waals surface area contributed by atoms with Crippen LogP contribution in [-0.4, -0.2) is 31.2 Å². The molecule has 0 radical (unpaired) electrons. The highest BCUT2D eigenvalue weighted by Gasteiger charge is 2.22. The van der Waals surface area contributed by atoms with Crippen LogP contribution in [0, 0.1) is 5.92 Å². The first kappa shape index (κ1) is 19.9. The van der Waals surface area contributed by atoms with Gasteiger partial charge in [-0.15, -0.1) is 11.3 Å². The molecule has 0 spiro atoms. The zero-order valence-electron chi connectivity index (χ0n) is 17.7. The topological polar surface area (TPSA) is 29.5 Å². The smallest absolute Gasteiger partial charge is 0.191 e. The first-order chi connectivity index (χ1) is 14.7. The summed E-state index contributed by atoms with van der Waals surface area (Å²) in [4.78, 5) is 16.8. The van der Waals surface area contributed by atoms with Crippen molar-refractivity contribution in [1.29, 1.82) is 0 Å². The average Bonchev–Trinajstić information content (AvgIpc) is 2.79. The summed E-state index contributed by atoms with van der Waals surface area (Å²) in [6.07, 6.45) is 4.38. The summed E-state index contributed by atoms with van der Waals surface area (Å²) in [7, 11) is 0. The second-order valence-electron chi connectivity index (χ2n) is 8.65.